The van der Waals surface area contributed by atoms with Crippen molar-refractivity contribution in [1.82, 2.24) is 0 Å². The van der Waals surface area contributed by atoms with E-state index in [0.29, 0.717) is 0 Å². The fraction of sp³-hybridized carbons (Fsp3) is 0.455. The third-order valence-corrected chi connectivity index (χ3v) is 1.78. The Bertz CT molecular complexity index is 250. The van der Waals surface area contributed by atoms with Gasteiger partial charge in [-0.3, -0.25) is 9.59 Å². The van der Waals surface area contributed by atoms with Crippen LogP contribution in [0, 0.1) is 5.92 Å². The molecule has 0 radical (unpaired) electrons. The zero-order valence-electron chi connectivity index (χ0n) is 9.23. The quantitative estimate of drug-likeness (QED) is 0.393. The Morgan fingerprint density at radius 2 is 1.67 bits per heavy atom. The monoisotopic (exact) mass is 212 g/mol. The highest BCUT2D eigenvalue weighted by molar-refractivity contribution is 5.94. The number of carbonyl (C=O) groups excluding carboxylic acids is 2. The van der Waals surface area contributed by atoms with E-state index < -0.39 is 17.9 Å². The van der Waals surface area contributed by atoms with Gasteiger partial charge in [-0.2, -0.15) is 0 Å². The first kappa shape index (κ1) is 13.4. The van der Waals surface area contributed by atoms with E-state index >= 15 is 0 Å². The van der Waals surface area contributed by atoms with Gasteiger partial charge in [0, 0.05) is 0 Å². The minimum atomic E-state index is -0.874. The lowest BCUT2D eigenvalue weighted by Gasteiger charge is -2.09. The van der Waals surface area contributed by atoms with Gasteiger partial charge in [0.05, 0.1) is 14.2 Å². The molecule has 0 saturated heterocycles. The summed E-state index contributed by atoms with van der Waals surface area (Å²) in [6.07, 6.45) is 7.43. The molecule has 0 aromatic rings. The first-order valence-electron chi connectivity index (χ1n) is 4.60. The summed E-state index contributed by atoms with van der Waals surface area (Å²) in [6, 6.07) is 0. The van der Waals surface area contributed by atoms with E-state index in [-0.39, 0.29) is 6.42 Å². The highest BCUT2D eigenvalue weighted by atomic mass is 16.5. The molecule has 4 nitrogen and oxygen atoms in total. The van der Waals surface area contributed by atoms with Gasteiger partial charge in [0.2, 0.25) is 0 Å². The van der Waals surface area contributed by atoms with Crippen LogP contribution in [0.1, 0.15) is 13.3 Å². The molecule has 0 bridgehead atoms. The molecule has 0 aromatic heterocycles. The topological polar surface area (TPSA) is 52.6 Å². The maximum Gasteiger partial charge on any atom is 0.320 e. The first-order chi connectivity index (χ1) is 7.17. The summed E-state index contributed by atoms with van der Waals surface area (Å²) in [4.78, 5) is 22.4. The van der Waals surface area contributed by atoms with Gasteiger partial charge < -0.3 is 9.47 Å². The molecule has 0 N–H and O–H groups in total. The molecular weight excluding hydrogens is 196 g/mol. The van der Waals surface area contributed by atoms with Crippen molar-refractivity contribution in [2.75, 3.05) is 14.2 Å². The van der Waals surface area contributed by atoms with E-state index in [1.54, 1.807) is 12.2 Å². The Labute approximate surface area is 89.6 Å². The number of methoxy groups -OCH3 is 2. The fourth-order valence-electron chi connectivity index (χ4n) is 0.978. The molecule has 0 aliphatic rings. The standard InChI is InChI=1S/C11H16O4/c1-4-5-6-7-8-9(10(12)14-2)11(13)15-3/h4-7,9H,8H2,1-3H3/b5-4+,7-6+. The summed E-state index contributed by atoms with van der Waals surface area (Å²) < 4.78 is 9.00. The van der Waals surface area contributed by atoms with E-state index in [9.17, 15) is 9.59 Å². The highest BCUT2D eigenvalue weighted by Gasteiger charge is 2.26. The fourth-order valence-corrected chi connectivity index (χ4v) is 0.978. The number of ether oxygens (including phenoxy) is 2. The molecule has 0 aliphatic carbocycles. The van der Waals surface area contributed by atoms with Gasteiger partial charge >= 0.3 is 11.9 Å². The van der Waals surface area contributed by atoms with Crippen molar-refractivity contribution < 1.29 is 19.1 Å². The van der Waals surface area contributed by atoms with Crippen LogP contribution in [0.4, 0.5) is 0 Å². The smallest absolute Gasteiger partial charge is 0.320 e. The van der Waals surface area contributed by atoms with Gasteiger partial charge in [-0.25, -0.2) is 0 Å². The van der Waals surface area contributed by atoms with E-state index in [1.807, 2.05) is 19.1 Å². The zero-order valence-corrected chi connectivity index (χ0v) is 9.23. The van der Waals surface area contributed by atoms with Gasteiger partial charge in [-0.15, -0.1) is 0 Å². The molecule has 0 fully saturated rings. The molecule has 0 amide bonds. The van der Waals surface area contributed by atoms with Gasteiger partial charge in [-0.1, -0.05) is 24.3 Å². The third-order valence-electron chi connectivity index (χ3n) is 1.78. The zero-order chi connectivity index (χ0) is 11.7. The van der Waals surface area contributed by atoms with Gasteiger partial charge in [-0.05, 0) is 13.3 Å². The molecule has 15 heavy (non-hydrogen) atoms. The van der Waals surface area contributed by atoms with Crippen molar-refractivity contribution >= 4 is 11.9 Å². The second kappa shape index (κ2) is 7.79. The van der Waals surface area contributed by atoms with Crippen LogP contribution < -0.4 is 0 Å². The molecule has 0 atom stereocenters. The second-order valence-corrected chi connectivity index (χ2v) is 2.79. The van der Waals surface area contributed by atoms with Crippen LogP contribution in [-0.4, -0.2) is 26.2 Å². The normalized spacial score (nSPS) is 11.2. The Hall–Kier alpha value is -1.58. The van der Waals surface area contributed by atoms with Crippen LogP contribution in [-0.2, 0) is 19.1 Å². The van der Waals surface area contributed by atoms with E-state index in [2.05, 4.69) is 9.47 Å². The molecule has 0 spiro atoms. The molecule has 4 heteroatoms. The minimum Gasteiger partial charge on any atom is -0.468 e. The van der Waals surface area contributed by atoms with E-state index in [4.69, 9.17) is 0 Å². The molecule has 0 heterocycles. The number of rotatable bonds is 5. The van der Waals surface area contributed by atoms with Crippen molar-refractivity contribution in [2.24, 2.45) is 5.92 Å². The van der Waals surface area contributed by atoms with Crippen LogP contribution in [0.3, 0.4) is 0 Å². The molecule has 0 saturated carbocycles. The van der Waals surface area contributed by atoms with Crippen molar-refractivity contribution in [1.29, 1.82) is 0 Å². The summed E-state index contributed by atoms with van der Waals surface area (Å²) in [5.41, 5.74) is 0. The SMILES string of the molecule is C/C=C/C=C/CC(C(=O)OC)C(=O)OC. The number of allylic oxidation sites excluding steroid dienone is 4. The summed E-state index contributed by atoms with van der Waals surface area (Å²) in [5.74, 6) is -2.03. The molecule has 0 aliphatic heterocycles. The van der Waals surface area contributed by atoms with Gasteiger partial charge in [0.1, 0.15) is 0 Å². The second-order valence-electron chi connectivity index (χ2n) is 2.79. The maximum absolute atomic E-state index is 11.2. The summed E-state index contributed by atoms with van der Waals surface area (Å²) in [7, 11) is 2.49. The number of hydrogen-bond acceptors (Lipinski definition) is 4. The van der Waals surface area contributed by atoms with Crippen LogP contribution in [0.5, 0.6) is 0 Å². The van der Waals surface area contributed by atoms with Gasteiger partial charge in [0.15, 0.2) is 5.92 Å². The highest BCUT2D eigenvalue weighted by Crippen LogP contribution is 2.08. The van der Waals surface area contributed by atoms with Crippen LogP contribution in [0.2, 0.25) is 0 Å². The lowest BCUT2D eigenvalue weighted by Crippen LogP contribution is -2.25. The summed E-state index contributed by atoms with van der Waals surface area (Å²) in [6.45, 7) is 1.88. The number of esters is 2. The van der Waals surface area contributed by atoms with E-state index in [0.717, 1.165) is 0 Å². The molecule has 84 valence electrons. The lowest BCUT2D eigenvalue weighted by molar-refractivity contribution is -0.158. The van der Waals surface area contributed by atoms with Crippen molar-refractivity contribution in [3.05, 3.63) is 24.3 Å². The van der Waals surface area contributed by atoms with Crippen LogP contribution in [0.15, 0.2) is 24.3 Å². The lowest BCUT2D eigenvalue weighted by atomic mass is 10.1. The molecule has 0 unspecified atom stereocenters. The Kier molecular flexibility index (Phi) is 6.97. The number of carbonyl (C=O) groups is 2. The van der Waals surface area contributed by atoms with Gasteiger partial charge in [0.25, 0.3) is 0 Å². The van der Waals surface area contributed by atoms with Crippen LogP contribution >= 0.6 is 0 Å². The molecule has 0 rings (SSSR count). The number of hydrogen-bond donors (Lipinski definition) is 0. The largest absolute Gasteiger partial charge is 0.468 e. The molecule has 0 aromatic carbocycles. The maximum atomic E-state index is 11.2. The van der Waals surface area contributed by atoms with Crippen molar-refractivity contribution in [2.45, 2.75) is 13.3 Å². The average Bonchev–Trinajstić information content (AvgIpc) is 2.27. The van der Waals surface area contributed by atoms with Crippen molar-refractivity contribution in [3.63, 3.8) is 0 Å². The minimum absolute atomic E-state index is 0.281. The summed E-state index contributed by atoms with van der Waals surface area (Å²) >= 11 is 0. The van der Waals surface area contributed by atoms with Crippen molar-refractivity contribution in [3.8, 4) is 0 Å². The summed E-state index contributed by atoms with van der Waals surface area (Å²) in [5, 5.41) is 0. The Morgan fingerprint density at radius 3 is 2.07 bits per heavy atom. The predicted octanol–water partition coefficient (Wildman–Crippen LogP) is 1.47. The van der Waals surface area contributed by atoms with E-state index in [1.165, 1.54) is 14.2 Å². The van der Waals surface area contributed by atoms with Crippen LogP contribution in [0.25, 0.3) is 0 Å². The molecular formula is C11H16O4. The average molecular weight is 212 g/mol. The predicted molar refractivity (Wildman–Crippen MR) is 56.1 cm³/mol. The third kappa shape index (κ3) is 5.00. The first-order valence-corrected chi connectivity index (χ1v) is 4.60. The Morgan fingerprint density at radius 1 is 1.13 bits per heavy atom. The Balaban J connectivity index is 4.38.